The van der Waals surface area contributed by atoms with Crippen LogP contribution in [0, 0.1) is 11.6 Å². The topological polar surface area (TPSA) is 28.7 Å². The fraction of sp³-hybridized carbons (Fsp3) is 0. The molecule has 2 aromatic rings. The Labute approximate surface area is 85.3 Å². The van der Waals surface area contributed by atoms with Gasteiger partial charge in [-0.1, -0.05) is 6.07 Å². The minimum absolute atomic E-state index is 0.0490. The molecule has 1 N–H and O–H groups in total. The second-order valence-corrected chi connectivity index (χ2v) is 2.98. The van der Waals surface area contributed by atoms with Crippen molar-refractivity contribution < 1.29 is 8.78 Å². The van der Waals surface area contributed by atoms with Crippen LogP contribution in [-0.2, 0) is 0 Å². The van der Waals surface area contributed by atoms with Crippen molar-refractivity contribution >= 4 is 12.2 Å². The van der Waals surface area contributed by atoms with E-state index in [2.05, 4.69) is 9.97 Å². The maximum absolute atomic E-state index is 13.2. The Morgan fingerprint density at radius 1 is 1.13 bits per heavy atom. The van der Waals surface area contributed by atoms with Gasteiger partial charge in [-0.05, 0) is 24.3 Å². The molecule has 1 aromatic heterocycles. The van der Waals surface area contributed by atoms with Crippen LogP contribution in [0.3, 0.4) is 0 Å². The van der Waals surface area contributed by atoms with Gasteiger partial charge in [0.2, 0.25) is 0 Å². The highest BCUT2D eigenvalue weighted by molar-refractivity contribution is 5.68. The highest BCUT2D eigenvalue weighted by Crippen LogP contribution is 2.14. The Morgan fingerprint density at radius 3 is 2.47 bits per heavy atom. The van der Waals surface area contributed by atoms with Gasteiger partial charge in [-0.25, -0.2) is 13.8 Å². The SMILES string of the molecule is Fc1cccc(F)c1C=Cc1cnc[nH]1. The van der Waals surface area contributed by atoms with E-state index in [0.717, 1.165) is 0 Å². The highest BCUT2D eigenvalue weighted by Gasteiger charge is 2.03. The molecular formula is C11H8F2N2. The smallest absolute Gasteiger partial charge is 0.133 e. The van der Waals surface area contributed by atoms with Gasteiger partial charge in [0.15, 0.2) is 0 Å². The molecule has 0 aliphatic carbocycles. The van der Waals surface area contributed by atoms with Crippen molar-refractivity contribution in [1.82, 2.24) is 9.97 Å². The van der Waals surface area contributed by atoms with E-state index in [9.17, 15) is 8.78 Å². The summed E-state index contributed by atoms with van der Waals surface area (Å²) in [5, 5.41) is 0. The maximum Gasteiger partial charge on any atom is 0.133 e. The Bertz CT molecular complexity index is 455. The first-order valence-electron chi connectivity index (χ1n) is 4.38. The number of imidazole rings is 1. The van der Waals surface area contributed by atoms with Crippen LogP contribution in [0.15, 0.2) is 30.7 Å². The Morgan fingerprint density at radius 2 is 1.87 bits per heavy atom. The van der Waals surface area contributed by atoms with Crippen molar-refractivity contribution in [2.24, 2.45) is 0 Å². The maximum atomic E-state index is 13.2. The first kappa shape index (κ1) is 9.58. The van der Waals surface area contributed by atoms with Crippen molar-refractivity contribution in [2.75, 3.05) is 0 Å². The lowest BCUT2D eigenvalue weighted by atomic mass is 10.2. The fourth-order valence-electron chi connectivity index (χ4n) is 1.20. The summed E-state index contributed by atoms with van der Waals surface area (Å²) >= 11 is 0. The summed E-state index contributed by atoms with van der Waals surface area (Å²) in [6, 6.07) is 3.77. The molecule has 0 saturated carbocycles. The zero-order valence-corrected chi connectivity index (χ0v) is 7.74. The van der Waals surface area contributed by atoms with Gasteiger partial charge in [-0.15, -0.1) is 0 Å². The zero-order valence-electron chi connectivity index (χ0n) is 7.74. The number of H-pyrrole nitrogens is 1. The van der Waals surface area contributed by atoms with Gasteiger partial charge in [-0.2, -0.15) is 0 Å². The summed E-state index contributed by atoms with van der Waals surface area (Å²) < 4.78 is 26.3. The number of rotatable bonds is 2. The molecule has 0 radical (unpaired) electrons. The second-order valence-electron chi connectivity index (χ2n) is 2.98. The molecule has 0 saturated heterocycles. The quantitative estimate of drug-likeness (QED) is 0.804. The van der Waals surface area contributed by atoms with Crippen LogP contribution < -0.4 is 0 Å². The summed E-state index contributed by atoms with van der Waals surface area (Å²) in [7, 11) is 0. The van der Waals surface area contributed by atoms with E-state index in [1.165, 1.54) is 30.6 Å². The van der Waals surface area contributed by atoms with Crippen LogP contribution in [0.4, 0.5) is 8.78 Å². The van der Waals surface area contributed by atoms with Crippen molar-refractivity contribution in [3.05, 3.63) is 53.6 Å². The van der Waals surface area contributed by atoms with Crippen molar-refractivity contribution in [1.29, 1.82) is 0 Å². The van der Waals surface area contributed by atoms with Gasteiger partial charge < -0.3 is 4.98 Å². The number of aromatic nitrogens is 2. The molecule has 0 fully saturated rings. The van der Waals surface area contributed by atoms with Gasteiger partial charge in [0, 0.05) is 5.56 Å². The molecule has 0 aliphatic heterocycles. The van der Waals surface area contributed by atoms with Crippen LogP contribution in [0.25, 0.3) is 12.2 Å². The zero-order chi connectivity index (χ0) is 10.7. The summed E-state index contributed by atoms with van der Waals surface area (Å²) in [5.41, 5.74) is 0.643. The fourth-order valence-corrected chi connectivity index (χ4v) is 1.20. The standard InChI is InChI=1S/C11H8F2N2/c12-10-2-1-3-11(13)9(10)5-4-8-6-14-7-15-8/h1-7H,(H,14,15). The number of nitrogens with one attached hydrogen (secondary N) is 1. The molecular weight excluding hydrogens is 198 g/mol. The minimum Gasteiger partial charge on any atom is -0.345 e. The number of nitrogens with zero attached hydrogens (tertiary/aromatic N) is 1. The van der Waals surface area contributed by atoms with E-state index in [1.54, 1.807) is 12.3 Å². The Kier molecular flexibility index (Phi) is 2.58. The summed E-state index contributed by atoms with van der Waals surface area (Å²) in [5.74, 6) is -1.16. The van der Waals surface area contributed by atoms with Crippen LogP contribution in [-0.4, -0.2) is 9.97 Å². The summed E-state index contributed by atoms with van der Waals surface area (Å²) in [4.78, 5) is 6.59. The first-order valence-corrected chi connectivity index (χ1v) is 4.38. The van der Waals surface area contributed by atoms with Crippen LogP contribution in [0.1, 0.15) is 11.3 Å². The molecule has 0 unspecified atom stereocenters. The van der Waals surface area contributed by atoms with E-state index >= 15 is 0 Å². The first-order chi connectivity index (χ1) is 7.27. The molecule has 2 nitrogen and oxygen atoms in total. The van der Waals surface area contributed by atoms with Gasteiger partial charge in [-0.3, -0.25) is 0 Å². The number of aromatic amines is 1. The molecule has 76 valence electrons. The molecule has 0 atom stereocenters. The molecule has 1 heterocycles. The van der Waals surface area contributed by atoms with Crippen LogP contribution >= 0.6 is 0 Å². The van der Waals surface area contributed by atoms with Crippen molar-refractivity contribution in [3.63, 3.8) is 0 Å². The van der Waals surface area contributed by atoms with E-state index in [-0.39, 0.29) is 5.56 Å². The van der Waals surface area contributed by atoms with Gasteiger partial charge in [0.05, 0.1) is 18.2 Å². The average Bonchev–Trinajstić information content (AvgIpc) is 2.70. The largest absolute Gasteiger partial charge is 0.345 e. The number of hydrogen-bond acceptors (Lipinski definition) is 1. The molecule has 15 heavy (non-hydrogen) atoms. The van der Waals surface area contributed by atoms with Gasteiger partial charge in [0.25, 0.3) is 0 Å². The number of hydrogen-bond donors (Lipinski definition) is 1. The predicted molar refractivity (Wildman–Crippen MR) is 53.9 cm³/mol. The molecule has 0 bridgehead atoms. The normalized spacial score (nSPS) is 11.1. The van der Waals surface area contributed by atoms with Crippen molar-refractivity contribution in [2.45, 2.75) is 0 Å². The lowest BCUT2D eigenvalue weighted by Crippen LogP contribution is -1.86. The molecule has 0 spiro atoms. The molecule has 4 heteroatoms. The highest BCUT2D eigenvalue weighted by atomic mass is 19.1. The van der Waals surface area contributed by atoms with E-state index < -0.39 is 11.6 Å². The summed E-state index contributed by atoms with van der Waals surface area (Å²) in [6.45, 7) is 0. The molecule has 1 aromatic carbocycles. The van der Waals surface area contributed by atoms with Crippen LogP contribution in [0.5, 0.6) is 0 Å². The Balaban J connectivity index is 2.32. The Hall–Kier alpha value is -1.97. The van der Waals surface area contributed by atoms with Crippen molar-refractivity contribution in [3.8, 4) is 0 Å². The minimum atomic E-state index is -0.578. The summed E-state index contributed by atoms with van der Waals surface area (Å²) in [6.07, 6.45) is 6.00. The molecule has 0 aliphatic rings. The second kappa shape index (κ2) is 4.04. The number of benzene rings is 1. The third kappa shape index (κ3) is 2.10. The van der Waals surface area contributed by atoms with E-state index in [4.69, 9.17) is 0 Å². The monoisotopic (exact) mass is 206 g/mol. The van der Waals surface area contributed by atoms with Gasteiger partial charge in [0.1, 0.15) is 11.6 Å². The third-order valence-corrected chi connectivity index (χ3v) is 1.95. The average molecular weight is 206 g/mol. The predicted octanol–water partition coefficient (Wildman–Crippen LogP) is 2.86. The van der Waals surface area contributed by atoms with Crippen LogP contribution in [0.2, 0.25) is 0 Å². The van der Waals surface area contributed by atoms with E-state index in [0.29, 0.717) is 5.69 Å². The van der Waals surface area contributed by atoms with E-state index in [1.807, 2.05) is 0 Å². The lowest BCUT2D eigenvalue weighted by Gasteiger charge is -1.97. The van der Waals surface area contributed by atoms with Gasteiger partial charge >= 0.3 is 0 Å². The molecule has 0 amide bonds. The molecule has 2 rings (SSSR count). The lowest BCUT2D eigenvalue weighted by molar-refractivity contribution is 0.579. The third-order valence-electron chi connectivity index (χ3n) is 1.95. The number of halogens is 2.